The fraction of sp³-hybridized carbons (Fsp3) is 0.533. The van der Waals surface area contributed by atoms with Crippen LogP contribution in [0.1, 0.15) is 81.9 Å². The zero-order valence-electron chi connectivity index (χ0n) is 21.4. The van der Waals surface area contributed by atoms with Crippen molar-refractivity contribution in [2.45, 2.75) is 70.6 Å². The average Bonchev–Trinajstić information content (AvgIpc) is 3.43. The third-order valence-electron chi connectivity index (χ3n) is 8.55. The Balaban J connectivity index is 1.28. The summed E-state index contributed by atoms with van der Waals surface area (Å²) in [7, 11) is 2.07. The van der Waals surface area contributed by atoms with Gasteiger partial charge in [0.25, 0.3) is 0 Å². The number of nitrogens with one attached hydrogen (secondary N) is 1. The van der Waals surface area contributed by atoms with Gasteiger partial charge in [-0.1, -0.05) is 13.8 Å². The maximum absolute atomic E-state index is 5.56. The van der Waals surface area contributed by atoms with E-state index in [9.17, 15) is 0 Å². The summed E-state index contributed by atoms with van der Waals surface area (Å²) >= 11 is 0. The lowest BCUT2D eigenvalue weighted by Crippen LogP contribution is -2.21. The topological polar surface area (TPSA) is 55.7 Å². The molecule has 0 unspecified atom stereocenters. The summed E-state index contributed by atoms with van der Waals surface area (Å²) in [6.45, 7) is 6.50. The first-order chi connectivity index (χ1) is 17.1. The Hall–Kier alpha value is -2.66. The molecule has 0 bridgehead atoms. The average molecular weight is 471 g/mol. The van der Waals surface area contributed by atoms with Crippen LogP contribution in [0.15, 0.2) is 36.7 Å². The van der Waals surface area contributed by atoms with E-state index < -0.39 is 0 Å². The lowest BCUT2D eigenvalue weighted by molar-refractivity contribution is 0.0558. The van der Waals surface area contributed by atoms with Gasteiger partial charge >= 0.3 is 0 Å². The van der Waals surface area contributed by atoms with E-state index in [-0.39, 0.29) is 0 Å². The van der Waals surface area contributed by atoms with E-state index in [1.807, 2.05) is 12.3 Å². The molecule has 1 aliphatic carbocycles. The van der Waals surface area contributed by atoms with Crippen molar-refractivity contribution < 1.29 is 4.74 Å². The van der Waals surface area contributed by atoms with Crippen molar-refractivity contribution in [2.24, 2.45) is 18.9 Å². The monoisotopic (exact) mass is 470 g/mol. The predicted molar refractivity (Wildman–Crippen MR) is 143 cm³/mol. The van der Waals surface area contributed by atoms with E-state index in [0.717, 1.165) is 41.7 Å². The Morgan fingerprint density at radius 3 is 2.57 bits per heavy atom. The number of fused-ring (bicyclic) bond motifs is 2. The minimum absolute atomic E-state index is 0.378. The number of pyridine rings is 2. The highest BCUT2D eigenvalue weighted by Gasteiger charge is 2.27. The lowest BCUT2D eigenvalue weighted by atomic mass is 9.75. The zero-order chi connectivity index (χ0) is 23.9. The first-order valence-electron chi connectivity index (χ1n) is 13.6. The zero-order valence-corrected chi connectivity index (χ0v) is 21.4. The number of hydrogen-bond acceptors (Lipinski definition) is 3. The van der Waals surface area contributed by atoms with Crippen molar-refractivity contribution in [2.75, 3.05) is 13.2 Å². The maximum atomic E-state index is 5.56. The number of hydrogen-bond donors (Lipinski definition) is 1. The molecular weight excluding hydrogens is 432 g/mol. The summed E-state index contributed by atoms with van der Waals surface area (Å²) in [5.41, 5.74) is 8.33. The molecule has 0 atom stereocenters. The van der Waals surface area contributed by atoms with Gasteiger partial charge in [0, 0.05) is 60.8 Å². The van der Waals surface area contributed by atoms with E-state index in [1.54, 1.807) is 0 Å². The molecule has 35 heavy (non-hydrogen) atoms. The molecule has 2 fully saturated rings. The molecule has 0 aromatic carbocycles. The van der Waals surface area contributed by atoms with Crippen LogP contribution in [0, 0.1) is 11.8 Å². The van der Waals surface area contributed by atoms with Gasteiger partial charge in [0.1, 0.15) is 5.65 Å². The molecule has 5 heteroatoms. The van der Waals surface area contributed by atoms with Crippen LogP contribution in [0.2, 0.25) is 0 Å². The normalized spacial score (nSPS) is 21.9. The molecule has 2 aliphatic rings. The summed E-state index contributed by atoms with van der Waals surface area (Å²) < 4.78 is 7.69. The van der Waals surface area contributed by atoms with Gasteiger partial charge in [-0.25, -0.2) is 4.98 Å². The number of rotatable bonds is 5. The Labute approximate surface area is 208 Å². The second kappa shape index (κ2) is 9.42. The third-order valence-corrected chi connectivity index (χ3v) is 8.55. The summed E-state index contributed by atoms with van der Waals surface area (Å²) in [5, 5.41) is 1.19. The quantitative estimate of drug-likeness (QED) is 0.332. The van der Waals surface area contributed by atoms with Crippen molar-refractivity contribution >= 4 is 22.1 Å². The number of ether oxygens (including phenoxy) is 1. The van der Waals surface area contributed by atoms with Crippen molar-refractivity contribution in [1.29, 1.82) is 0 Å². The van der Waals surface area contributed by atoms with Gasteiger partial charge in [-0.2, -0.15) is 0 Å². The molecule has 6 rings (SSSR count). The van der Waals surface area contributed by atoms with Gasteiger partial charge in [-0.15, -0.1) is 0 Å². The summed E-state index contributed by atoms with van der Waals surface area (Å²) in [5.74, 6) is 2.74. The highest BCUT2D eigenvalue weighted by Crippen LogP contribution is 2.42. The molecule has 5 nitrogen and oxygen atoms in total. The molecule has 0 amide bonds. The van der Waals surface area contributed by atoms with E-state index in [4.69, 9.17) is 9.72 Å². The van der Waals surface area contributed by atoms with Gasteiger partial charge < -0.3 is 14.3 Å². The molecule has 184 valence electrons. The van der Waals surface area contributed by atoms with Gasteiger partial charge in [0.05, 0.1) is 16.7 Å². The Bertz CT molecular complexity index is 1320. The second-order valence-corrected chi connectivity index (χ2v) is 11.2. The van der Waals surface area contributed by atoms with Crippen LogP contribution in [-0.4, -0.2) is 32.7 Å². The summed E-state index contributed by atoms with van der Waals surface area (Å²) in [6.07, 6.45) is 13.2. The number of aromatic nitrogens is 4. The first-order valence-corrected chi connectivity index (χ1v) is 13.6. The van der Waals surface area contributed by atoms with E-state index in [1.165, 1.54) is 72.8 Å². The molecule has 1 saturated heterocycles. The van der Waals surface area contributed by atoms with Crippen molar-refractivity contribution in [1.82, 2.24) is 19.5 Å². The molecule has 1 N–H and O–H groups in total. The number of aromatic amines is 1. The van der Waals surface area contributed by atoms with Gasteiger partial charge in [-0.3, -0.25) is 4.98 Å². The van der Waals surface area contributed by atoms with E-state index in [0.29, 0.717) is 11.8 Å². The lowest BCUT2D eigenvalue weighted by Gasteiger charge is -2.32. The number of nitrogens with zero attached hydrogens (tertiary/aromatic N) is 3. The van der Waals surface area contributed by atoms with E-state index >= 15 is 0 Å². The minimum Gasteiger partial charge on any atom is -0.381 e. The van der Waals surface area contributed by atoms with Crippen LogP contribution < -0.4 is 0 Å². The van der Waals surface area contributed by atoms with Crippen LogP contribution >= 0.6 is 0 Å². The fourth-order valence-electron chi connectivity index (χ4n) is 6.66. The Morgan fingerprint density at radius 1 is 1.03 bits per heavy atom. The smallest absolute Gasteiger partial charge is 0.140 e. The molecule has 1 saturated carbocycles. The molecule has 0 spiro atoms. The van der Waals surface area contributed by atoms with Crippen LogP contribution in [-0.2, 0) is 11.8 Å². The van der Waals surface area contributed by atoms with Crippen LogP contribution in [0.4, 0.5) is 0 Å². The molecular formula is C30H38N4O. The minimum atomic E-state index is 0.378. The molecule has 4 aromatic heterocycles. The highest BCUT2D eigenvalue weighted by molar-refractivity contribution is 5.98. The standard InChI is InChI=1S/C30H38N4O/c1-19(2)27-28(24-18-34(3)30-23(24)5-4-14-31-30)33-26-11-10-25(32-29(26)27)22-8-6-20(7-9-22)17-21-12-15-35-16-13-21/h4-5,10-11,14,18-22,33H,6-9,12-13,15-17H2,1-3H3. The van der Waals surface area contributed by atoms with Gasteiger partial charge in [-0.05, 0) is 87.0 Å². The molecule has 4 aromatic rings. The predicted octanol–water partition coefficient (Wildman–Crippen LogP) is 7.33. The molecule has 5 heterocycles. The summed E-state index contributed by atoms with van der Waals surface area (Å²) in [6, 6.07) is 8.74. The SMILES string of the molecule is CC(C)c1c(-c2cn(C)c3ncccc23)[nH]c2ccc(C3CCC(CC4CCOCC4)CC3)nc12. The number of aryl methyl sites for hydroxylation is 1. The van der Waals surface area contributed by atoms with Crippen molar-refractivity contribution in [3.63, 3.8) is 0 Å². The van der Waals surface area contributed by atoms with Crippen LogP contribution in [0.5, 0.6) is 0 Å². The van der Waals surface area contributed by atoms with Crippen LogP contribution in [0.25, 0.3) is 33.3 Å². The van der Waals surface area contributed by atoms with Gasteiger partial charge in [0.2, 0.25) is 0 Å². The Morgan fingerprint density at radius 2 is 1.80 bits per heavy atom. The van der Waals surface area contributed by atoms with E-state index in [2.05, 4.69) is 59.8 Å². The second-order valence-electron chi connectivity index (χ2n) is 11.2. The largest absolute Gasteiger partial charge is 0.381 e. The maximum Gasteiger partial charge on any atom is 0.140 e. The molecule has 0 radical (unpaired) electrons. The first kappa shape index (κ1) is 22.8. The molecule has 1 aliphatic heterocycles. The highest BCUT2D eigenvalue weighted by atomic mass is 16.5. The fourth-order valence-corrected chi connectivity index (χ4v) is 6.66. The van der Waals surface area contributed by atoms with Crippen molar-refractivity contribution in [3.05, 3.63) is 47.9 Å². The third kappa shape index (κ3) is 4.29. The van der Waals surface area contributed by atoms with Crippen LogP contribution in [0.3, 0.4) is 0 Å². The Kier molecular flexibility index (Phi) is 6.13. The number of H-pyrrole nitrogens is 1. The summed E-state index contributed by atoms with van der Waals surface area (Å²) in [4.78, 5) is 13.7. The van der Waals surface area contributed by atoms with Gasteiger partial charge in [0.15, 0.2) is 0 Å². The van der Waals surface area contributed by atoms with Crippen molar-refractivity contribution in [3.8, 4) is 11.3 Å².